The number of nitrogens with one attached hydrogen (secondary N) is 1. The molecule has 3 nitrogen and oxygen atoms in total. The second-order valence-electron chi connectivity index (χ2n) is 6.09. The third-order valence-corrected chi connectivity index (χ3v) is 4.14. The maximum atomic E-state index is 13.3. The Morgan fingerprint density at radius 3 is 1.86 bits per heavy atom. The van der Waals surface area contributed by atoms with E-state index in [1.165, 1.54) is 6.07 Å². The number of carbonyl (C=O) groups is 2. The van der Waals surface area contributed by atoms with Crippen molar-refractivity contribution in [1.82, 2.24) is 5.32 Å². The minimum absolute atomic E-state index is 0.0365. The van der Waals surface area contributed by atoms with Gasteiger partial charge in [0, 0.05) is 11.6 Å². The van der Waals surface area contributed by atoms with E-state index >= 15 is 0 Å². The van der Waals surface area contributed by atoms with E-state index in [1.807, 2.05) is 60.7 Å². The van der Waals surface area contributed by atoms with Gasteiger partial charge in [0.1, 0.15) is 0 Å². The van der Waals surface area contributed by atoms with Crippen molar-refractivity contribution in [1.29, 1.82) is 0 Å². The highest BCUT2D eigenvalue weighted by Crippen LogP contribution is 2.21. The summed E-state index contributed by atoms with van der Waals surface area (Å²) < 4.78 is 26.2. The van der Waals surface area contributed by atoms with Crippen molar-refractivity contribution in [3.8, 4) is 0 Å². The summed E-state index contributed by atoms with van der Waals surface area (Å²) in [6, 6.07) is 21.3. The number of hydrogen-bond donors (Lipinski definition) is 1. The third kappa shape index (κ3) is 4.76. The van der Waals surface area contributed by atoms with Crippen LogP contribution >= 0.6 is 0 Å². The highest BCUT2D eigenvalue weighted by Gasteiger charge is 2.15. The molecule has 140 valence electrons. The van der Waals surface area contributed by atoms with Gasteiger partial charge in [0.15, 0.2) is 17.4 Å². The van der Waals surface area contributed by atoms with Crippen LogP contribution in [0.2, 0.25) is 0 Å². The Bertz CT molecular complexity index is 962. The summed E-state index contributed by atoms with van der Waals surface area (Å²) in [5.74, 6) is -3.22. The lowest BCUT2D eigenvalue weighted by Gasteiger charge is -2.19. The summed E-state index contributed by atoms with van der Waals surface area (Å²) in [6.07, 6.45) is 2.12. The molecule has 0 saturated carbocycles. The van der Waals surface area contributed by atoms with Crippen LogP contribution in [0.25, 0.3) is 0 Å². The molecule has 0 bridgehead atoms. The number of halogens is 2. The van der Waals surface area contributed by atoms with Gasteiger partial charge in [-0.05, 0) is 35.4 Å². The van der Waals surface area contributed by atoms with Crippen LogP contribution in [0.3, 0.4) is 0 Å². The van der Waals surface area contributed by atoms with Gasteiger partial charge >= 0.3 is 0 Å². The molecule has 0 fully saturated rings. The number of benzene rings is 3. The first-order valence-electron chi connectivity index (χ1n) is 8.62. The van der Waals surface area contributed by atoms with E-state index in [1.54, 1.807) is 0 Å². The fraction of sp³-hybridized carbons (Fsp3) is 0.0435. The standard InChI is InChI=1S/C23H17F2NO2/c24-19-12-11-18(15-20(19)25)21(27)13-14-22(28)26-23(16-7-3-1-4-8-16)17-9-5-2-6-10-17/h1-15,23H,(H,26,28)/b14-13+. The van der Waals surface area contributed by atoms with Gasteiger partial charge in [0.25, 0.3) is 0 Å². The number of amides is 1. The van der Waals surface area contributed by atoms with Crippen molar-refractivity contribution in [2.45, 2.75) is 6.04 Å². The predicted octanol–water partition coefficient (Wildman–Crippen LogP) is 4.61. The first kappa shape index (κ1) is 19.2. The van der Waals surface area contributed by atoms with Gasteiger partial charge in [-0.15, -0.1) is 0 Å². The monoisotopic (exact) mass is 377 g/mol. The average molecular weight is 377 g/mol. The van der Waals surface area contributed by atoms with Crippen molar-refractivity contribution in [2.75, 3.05) is 0 Å². The van der Waals surface area contributed by atoms with Gasteiger partial charge in [-0.3, -0.25) is 9.59 Å². The Kier molecular flexibility index (Phi) is 6.07. The molecule has 0 atom stereocenters. The Morgan fingerprint density at radius 1 is 0.750 bits per heavy atom. The lowest BCUT2D eigenvalue weighted by atomic mass is 9.98. The van der Waals surface area contributed by atoms with Crippen LogP contribution in [0, 0.1) is 11.6 Å². The first-order chi connectivity index (χ1) is 13.5. The molecule has 0 aliphatic heterocycles. The molecule has 0 heterocycles. The average Bonchev–Trinajstić information content (AvgIpc) is 2.73. The second-order valence-corrected chi connectivity index (χ2v) is 6.09. The van der Waals surface area contributed by atoms with Crippen LogP contribution in [0.4, 0.5) is 8.78 Å². The molecule has 28 heavy (non-hydrogen) atoms. The summed E-state index contributed by atoms with van der Waals surface area (Å²) in [6.45, 7) is 0. The van der Waals surface area contributed by atoms with Crippen LogP contribution in [-0.4, -0.2) is 11.7 Å². The molecule has 3 aromatic carbocycles. The second kappa shape index (κ2) is 8.86. The van der Waals surface area contributed by atoms with Crippen LogP contribution in [0.5, 0.6) is 0 Å². The van der Waals surface area contributed by atoms with E-state index in [0.29, 0.717) is 0 Å². The Balaban J connectivity index is 1.76. The molecule has 3 aromatic rings. The number of carbonyl (C=O) groups excluding carboxylic acids is 2. The molecule has 1 N–H and O–H groups in total. The fourth-order valence-electron chi connectivity index (χ4n) is 2.74. The van der Waals surface area contributed by atoms with Crippen molar-refractivity contribution in [3.05, 3.63) is 119 Å². The molecule has 0 aromatic heterocycles. The van der Waals surface area contributed by atoms with E-state index in [2.05, 4.69) is 5.32 Å². The maximum absolute atomic E-state index is 13.3. The zero-order valence-corrected chi connectivity index (χ0v) is 14.8. The molecular weight excluding hydrogens is 360 g/mol. The topological polar surface area (TPSA) is 46.2 Å². The number of rotatable bonds is 6. The van der Waals surface area contributed by atoms with E-state index in [9.17, 15) is 18.4 Å². The van der Waals surface area contributed by atoms with Crippen LogP contribution in [-0.2, 0) is 4.79 Å². The summed E-state index contributed by atoms with van der Waals surface area (Å²) in [5, 5.41) is 2.86. The van der Waals surface area contributed by atoms with Gasteiger partial charge in [0.05, 0.1) is 6.04 Å². The lowest BCUT2D eigenvalue weighted by Crippen LogP contribution is -2.27. The van der Waals surface area contributed by atoms with Crippen molar-refractivity contribution < 1.29 is 18.4 Å². The lowest BCUT2D eigenvalue weighted by molar-refractivity contribution is -0.117. The molecule has 0 saturated heterocycles. The molecular formula is C23H17F2NO2. The Labute approximate surface area is 161 Å². The van der Waals surface area contributed by atoms with E-state index < -0.39 is 29.4 Å². The van der Waals surface area contributed by atoms with Gasteiger partial charge in [-0.1, -0.05) is 60.7 Å². The van der Waals surface area contributed by atoms with E-state index in [-0.39, 0.29) is 5.56 Å². The Morgan fingerprint density at radius 2 is 1.32 bits per heavy atom. The molecule has 3 rings (SSSR count). The van der Waals surface area contributed by atoms with Crippen LogP contribution < -0.4 is 5.32 Å². The minimum Gasteiger partial charge on any atom is -0.342 e. The first-order valence-corrected chi connectivity index (χ1v) is 8.62. The smallest absolute Gasteiger partial charge is 0.244 e. The maximum Gasteiger partial charge on any atom is 0.244 e. The summed E-state index contributed by atoms with van der Waals surface area (Å²) in [4.78, 5) is 24.5. The summed E-state index contributed by atoms with van der Waals surface area (Å²) >= 11 is 0. The fourth-order valence-corrected chi connectivity index (χ4v) is 2.74. The van der Waals surface area contributed by atoms with E-state index in [0.717, 1.165) is 35.4 Å². The van der Waals surface area contributed by atoms with Gasteiger partial charge in [-0.25, -0.2) is 8.78 Å². The highest BCUT2D eigenvalue weighted by atomic mass is 19.2. The SMILES string of the molecule is O=C(/C=C/C(=O)c1ccc(F)c(F)c1)NC(c1ccccc1)c1ccccc1. The molecule has 0 aliphatic carbocycles. The normalized spacial score (nSPS) is 11.0. The van der Waals surface area contributed by atoms with Gasteiger partial charge in [0.2, 0.25) is 5.91 Å². The zero-order valence-electron chi connectivity index (χ0n) is 14.8. The molecule has 0 unspecified atom stereocenters. The highest BCUT2D eigenvalue weighted by molar-refractivity contribution is 6.07. The van der Waals surface area contributed by atoms with Crippen molar-refractivity contribution in [2.24, 2.45) is 0 Å². The zero-order chi connectivity index (χ0) is 19.9. The number of hydrogen-bond acceptors (Lipinski definition) is 2. The van der Waals surface area contributed by atoms with Gasteiger partial charge in [-0.2, -0.15) is 0 Å². The van der Waals surface area contributed by atoms with Crippen molar-refractivity contribution in [3.63, 3.8) is 0 Å². The largest absolute Gasteiger partial charge is 0.342 e. The predicted molar refractivity (Wildman–Crippen MR) is 103 cm³/mol. The third-order valence-electron chi connectivity index (χ3n) is 4.14. The van der Waals surface area contributed by atoms with Crippen molar-refractivity contribution >= 4 is 11.7 Å². The molecule has 0 radical (unpaired) electrons. The number of ketones is 1. The Hall–Kier alpha value is -3.60. The van der Waals surface area contributed by atoms with E-state index in [4.69, 9.17) is 0 Å². The molecule has 0 spiro atoms. The van der Waals surface area contributed by atoms with Crippen LogP contribution in [0.15, 0.2) is 91.0 Å². The van der Waals surface area contributed by atoms with Gasteiger partial charge < -0.3 is 5.32 Å². The van der Waals surface area contributed by atoms with Crippen LogP contribution in [0.1, 0.15) is 27.5 Å². The molecule has 1 amide bonds. The summed E-state index contributed by atoms with van der Waals surface area (Å²) in [7, 11) is 0. The molecule has 5 heteroatoms. The quantitative estimate of drug-likeness (QED) is 0.504. The summed E-state index contributed by atoms with van der Waals surface area (Å²) in [5.41, 5.74) is 1.75. The minimum atomic E-state index is -1.11. The number of allylic oxidation sites excluding steroid dienone is 1. The molecule has 0 aliphatic rings.